The van der Waals surface area contributed by atoms with E-state index in [2.05, 4.69) is 16.9 Å². The number of ketones is 1. The molecule has 3 nitrogen and oxygen atoms in total. The SMILES string of the molecule is CCc1ccc(C(=O)[C@H](C)Sc2ncnc3sccc23)cc1. The lowest BCUT2D eigenvalue weighted by Gasteiger charge is -2.10. The smallest absolute Gasteiger partial charge is 0.175 e. The van der Waals surface area contributed by atoms with Gasteiger partial charge in [-0.3, -0.25) is 4.79 Å². The second kappa shape index (κ2) is 6.58. The van der Waals surface area contributed by atoms with E-state index in [0.29, 0.717) is 0 Å². The molecule has 5 heteroatoms. The van der Waals surface area contributed by atoms with Gasteiger partial charge >= 0.3 is 0 Å². The average molecular weight is 328 g/mol. The van der Waals surface area contributed by atoms with Crippen molar-refractivity contribution in [1.29, 1.82) is 0 Å². The van der Waals surface area contributed by atoms with E-state index in [9.17, 15) is 4.79 Å². The Labute approximate surface area is 137 Å². The van der Waals surface area contributed by atoms with E-state index in [4.69, 9.17) is 0 Å². The maximum atomic E-state index is 12.6. The minimum atomic E-state index is -0.175. The molecular formula is C17H16N2OS2. The summed E-state index contributed by atoms with van der Waals surface area (Å²) < 4.78 is 0. The highest BCUT2D eigenvalue weighted by Gasteiger charge is 2.18. The average Bonchev–Trinajstić information content (AvgIpc) is 3.04. The summed E-state index contributed by atoms with van der Waals surface area (Å²) in [7, 11) is 0. The second-order valence-corrected chi connectivity index (χ2v) is 7.22. The fourth-order valence-electron chi connectivity index (χ4n) is 2.22. The molecule has 3 aromatic rings. The van der Waals surface area contributed by atoms with Gasteiger partial charge in [-0.2, -0.15) is 0 Å². The summed E-state index contributed by atoms with van der Waals surface area (Å²) in [5.41, 5.74) is 2.00. The molecule has 0 bridgehead atoms. The van der Waals surface area contributed by atoms with Crippen molar-refractivity contribution in [3.8, 4) is 0 Å². The number of aromatic nitrogens is 2. The lowest BCUT2D eigenvalue weighted by atomic mass is 10.1. The zero-order valence-corrected chi connectivity index (χ0v) is 14.1. The largest absolute Gasteiger partial charge is 0.293 e. The molecule has 0 N–H and O–H groups in total. The number of carbonyl (C=O) groups is 1. The summed E-state index contributed by atoms with van der Waals surface area (Å²) in [4.78, 5) is 22.1. The van der Waals surface area contributed by atoms with Crippen molar-refractivity contribution in [3.63, 3.8) is 0 Å². The van der Waals surface area contributed by atoms with Crippen LogP contribution in [0.3, 0.4) is 0 Å². The third-order valence-electron chi connectivity index (χ3n) is 3.53. The normalized spacial score (nSPS) is 12.5. The zero-order chi connectivity index (χ0) is 15.5. The van der Waals surface area contributed by atoms with Crippen LogP contribution < -0.4 is 0 Å². The molecule has 0 radical (unpaired) electrons. The molecule has 0 aliphatic heterocycles. The highest BCUT2D eigenvalue weighted by Crippen LogP contribution is 2.31. The van der Waals surface area contributed by atoms with Gasteiger partial charge in [0.15, 0.2) is 5.78 Å². The molecule has 2 heterocycles. The molecule has 1 aromatic carbocycles. The molecule has 0 aliphatic rings. The third-order valence-corrected chi connectivity index (χ3v) is 5.47. The van der Waals surface area contributed by atoms with Crippen LogP contribution in [0.2, 0.25) is 0 Å². The van der Waals surface area contributed by atoms with Crippen LogP contribution in [0.4, 0.5) is 0 Å². The number of carbonyl (C=O) groups excluding carboxylic acids is 1. The Morgan fingerprint density at radius 2 is 2.00 bits per heavy atom. The molecule has 112 valence electrons. The molecule has 1 atom stereocenters. The van der Waals surface area contributed by atoms with Crippen LogP contribution in [0.25, 0.3) is 10.2 Å². The Bertz CT molecular complexity index is 796. The number of hydrogen-bond acceptors (Lipinski definition) is 5. The van der Waals surface area contributed by atoms with Crippen LogP contribution in [-0.4, -0.2) is 21.0 Å². The molecule has 0 unspecified atom stereocenters. The molecule has 0 amide bonds. The summed E-state index contributed by atoms with van der Waals surface area (Å²) in [6.45, 7) is 4.04. The number of benzene rings is 1. The summed E-state index contributed by atoms with van der Waals surface area (Å²) in [5.74, 6) is 0.134. The van der Waals surface area contributed by atoms with Gasteiger partial charge in [-0.05, 0) is 30.4 Å². The van der Waals surface area contributed by atoms with E-state index in [1.807, 2.05) is 42.6 Å². The minimum Gasteiger partial charge on any atom is -0.293 e. The van der Waals surface area contributed by atoms with Crippen molar-refractivity contribution in [1.82, 2.24) is 9.97 Å². The van der Waals surface area contributed by atoms with Crippen molar-refractivity contribution in [2.75, 3.05) is 0 Å². The monoisotopic (exact) mass is 328 g/mol. The molecule has 0 saturated carbocycles. The van der Waals surface area contributed by atoms with Crippen LogP contribution in [0, 0.1) is 0 Å². The van der Waals surface area contributed by atoms with E-state index in [0.717, 1.165) is 27.2 Å². The lowest BCUT2D eigenvalue weighted by molar-refractivity contribution is 0.0994. The Hall–Kier alpha value is -1.72. The molecule has 3 rings (SSSR count). The topological polar surface area (TPSA) is 42.9 Å². The summed E-state index contributed by atoms with van der Waals surface area (Å²) in [6.07, 6.45) is 2.55. The lowest BCUT2D eigenvalue weighted by Crippen LogP contribution is -2.13. The van der Waals surface area contributed by atoms with Gasteiger partial charge in [-0.15, -0.1) is 11.3 Å². The minimum absolute atomic E-state index is 0.134. The molecule has 0 fully saturated rings. The van der Waals surface area contributed by atoms with Gasteiger partial charge in [-0.25, -0.2) is 9.97 Å². The number of fused-ring (bicyclic) bond motifs is 1. The number of thioether (sulfide) groups is 1. The van der Waals surface area contributed by atoms with Crippen LogP contribution in [0.1, 0.15) is 29.8 Å². The van der Waals surface area contributed by atoms with Gasteiger partial charge in [-0.1, -0.05) is 43.0 Å². The molecule has 0 saturated heterocycles. The van der Waals surface area contributed by atoms with Crippen molar-refractivity contribution >= 4 is 39.1 Å². The van der Waals surface area contributed by atoms with E-state index in [-0.39, 0.29) is 11.0 Å². The predicted molar refractivity (Wildman–Crippen MR) is 92.9 cm³/mol. The molecule has 0 spiro atoms. The van der Waals surface area contributed by atoms with Crippen LogP contribution in [0.5, 0.6) is 0 Å². The number of thiophene rings is 1. The Morgan fingerprint density at radius 3 is 2.73 bits per heavy atom. The van der Waals surface area contributed by atoms with E-state index in [1.165, 1.54) is 17.3 Å². The molecule has 0 aliphatic carbocycles. The maximum Gasteiger partial charge on any atom is 0.175 e. The number of hydrogen-bond donors (Lipinski definition) is 0. The van der Waals surface area contributed by atoms with Gasteiger partial charge in [0.1, 0.15) is 16.2 Å². The van der Waals surface area contributed by atoms with Crippen LogP contribution in [0.15, 0.2) is 47.1 Å². The van der Waals surface area contributed by atoms with Gasteiger partial charge in [0, 0.05) is 10.9 Å². The quantitative estimate of drug-likeness (QED) is 0.389. The number of nitrogens with zero attached hydrogens (tertiary/aromatic N) is 2. The van der Waals surface area contributed by atoms with Crippen molar-refractivity contribution in [2.45, 2.75) is 30.5 Å². The summed E-state index contributed by atoms with van der Waals surface area (Å²) in [5, 5.41) is 3.72. The highest BCUT2D eigenvalue weighted by atomic mass is 32.2. The van der Waals surface area contributed by atoms with Crippen molar-refractivity contribution in [2.24, 2.45) is 0 Å². The molecule has 2 aromatic heterocycles. The molecular weight excluding hydrogens is 312 g/mol. The first-order chi connectivity index (χ1) is 10.7. The third kappa shape index (κ3) is 3.05. The Balaban J connectivity index is 1.79. The first-order valence-corrected chi connectivity index (χ1v) is 8.93. The van der Waals surface area contributed by atoms with E-state index >= 15 is 0 Å². The van der Waals surface area contributed by atoms with E-state index in [1.54, 1.807) is 17.7 Å². The standard InChI is InChI=1S/C17H16N2OS2/c1-3-12-4-6-13(7-5-12)15(20)11(2)22-17-14-8-9-21-16(14)18-10-19-17/h4-11H,3H2,1-2H3/t11-/m0/s1. The van der Waals surface area contributed by atoms with Gasteiger partial charge < -0.3 is 0 Å². The first kappa shape index (κ1) is 15.2. The number of rotatable bonds is 5. The fourth-order valence-corrected chi connectivity index (χ4v) is 4.00. The van der Waals surface area contributed by atoms with Crippen LogP contribution >= 0.6 is 23.1 Å². The maximum absolute atomic E-state index is 12.6. The number of Topliss-reactive ketones (excluding diaryl/α,β-unsaturated/α-hetero) is 1. The molecule has 22 heavy (non-hydrogen) atoms. The zero-order valence-electron chi connectivity index (χ0n) is 12.4. The second-order valence-electron chi connectivity index (χ2n) is 4.99. The Morgan fingerprint density at radius 1 is 1.23 bits per heavy atom. The van der Waals surface area contributed by atoms with Gasteiger partial charge in [0.2, 0.25) is 0 Å². The van der Waals surface area contributed by atoms with Crippen molar-refractivity contribution in [3.05, 3.63) is 53.2 Å². The first-order valence-electron chi connectivity index (χ1n) is 7.17. The predicted octanol–water partition coefficient (Wildman–Crippen LogP) is 4.62. The van der Waals surface area contributed by atoms with Crippen molar-refractivity contribution < 1.29 is 4.79 Å². The fraction of sp³-hybridized carbons (Fsp3) is 0.235. The van der Waals surface area contributed by atoms with Gasteiger partial charge in [0.25, 0.3) is 0 Å². The Kier molecular flexibility index (Phi) is 4.55. The van der Waals surface area contributed by atoms with Crippen LogP contribution in [-0.2, 0) is 6.42 Å². The van der Waals surface area contributed by atoms with E-state index < -0.39 is 0 Å². The summed E-state index contributed by atoms with van der Waals surface area (Å²) in [6, 6.07) is 9.88. The highest BCUT2D eigenvalue weighted by molar-refractivity contribution is 8.00. The van der Waals surface area contributed by atoms with Gasteiger partial charge in [0.05, 0.1) is 5.25 Å². The number of aryl methyl sites for hydroxylation is 1. The summed E-state index contributed by atoms with van der Waals surface area (Å²) >= 11 is 3.08.